The molecule has 0 bridgehead atoms. The Morgan fingerprint density at radius 2 is 1.88 bits per heavy atom. The van der Waals surface area contributed by atoms with Crippen LogP contribution in [0.2, 0.25) is 0 Å². The number of aryl methyl sites for hydroxylation is 1. The first kappa shape index (κ1) is 10.5. The second kappa shape index (κ2) is 3.56. The lowest BCUT2D eigenvalue weighted by Crippen LogP contribution is -2.32. The van der Waals surface area contributed by atoms with E-state index in [0.717, 1.165) is 4.90 Å². The van der Waals surface area contributed by atoms with Gasteiger partial charge >= 0.3 is 0 Å². The largest absolute Gasteiger partial charge is 0.269 e. The van der Waals surface area contributed by atoms with Gasteiger partial charge in [0.2, 0.25) is 0 Å². The molecule has 0 fully saturated rings. The van der Waals surface area contributed by atoms with Crippen molar-refractivity contribution in [2.45, 2.75) is 13.8 Å². The first-order valence-electron chi connectivity index (χ1n) is 4.84. The standard InChI is InChI=1S/C12H10FNO2/c1-7-4-3-5-9(13)11(7)14-10(15)6-8(2)12(14)16/h3-6H,1-2H3. The number of para-hydroxylation sites is 1. The van der Waals surface area contributed by atoms with Crippen LogP contribution >= 0.6 is 0 Å². The molecule has 2 amide bonds. The minimum absolute atomic E-state index is 0.0469. The van der Waals surface area contributed by atoms with Crippen LogP contribution in [0.25, 0.3) is 0 Å². The zero-order valence-electron chi connectivity index (χ0n) is 8.95. The van der Waals surface area contributed by atoms with Gasteiger partial charge in [0.15, 0.2) is 0 Å². The molecule has 0 aliphatic carbocycles. The SMILES string of the molecule is CC1=CC(=O)N(c2c(C)cccc2F)C1=O. The van der Waals surface area contributed by atoms with Gasteiger partial charge in [-0.3, -0.25) is 9.59 Å². The number of nitrogens with zero attached hydrogens (tertiary/aromatic N) is 1. The molecule has 0 radical (unpaired) electrons. The Balaban J connectivity index is 2.55. The predicted molar refractivity (Wildman–Crippen MR) is 57.4 cm³/mol. The summed E-state index contributed by atoms with van der Waals surface area (Å²) < 4.78 is 13.6. The predicted octanol–water partition coefficient (Wildman–Crippen LogP) is 1.95. The molecule has 1 aliphatic heterocycles. The van der Waals surface area contributed by atoms with Gasteiger partial charge < -0.3 is 0 Å². The van der Waals surface area contributed by atoms with Crippen LogP contribution in [0.1, 0.15) is 12.5 Å². The smallest absolute Gasteiger partial charge is 0.261 e. The maximum absolute atomic E-state index is 13.6. The maximum atomic E-state index is 13.6. The number of imide groups is 1. The number of benzene rings is 1. The number of carbonyl (C=O) groups excluding carboxylic acids is 2. The van der Waals surface area contributed by atoms with Crippen LogP contribution in [0, 0.1) is 12.7 Å². The third kappa shape index (κ3) is 1.43. The van der Waals surface area contributed by atoms with E-state index in [4.69, 9.17) is 0 Å². The van der Waals surface area contributed by atoms with Crippen LogP contribution in [-0.2, 0) is 9.59 Å². The van der Waals surface area contributed by atoms with Crippen molar-refractivity contribution in [3.8, 4) is 0 Å². The van der Waals surface area contributed by atoms with Crippen molar-refractivity contribution in [2.24, 2.45) is 0 Å². The van der Waals surface area contributed by atoms with Crippen molar-refractivity contribution in [3.63, 3.8) is 0 Å². The Morgan fingerprint density at radius 1 is 1.19 bits per heavy atom. The lowest BCUT2D eigenvalue weighted by molar-refractivity contribution is -0.120. The first-order chi connectivity index (χ1) is 7.52. The number of anilines is 1. The van der Waals surface area contributed by atoms with Crippen LogP contribution in [0.3, 0.4) is 0 Å². The molecule has 16 heavy (non-hydrogen) atoms. The van der Waals surface area contributed by atoms with Crippen molar-refractivity contribution < 1.29 is 14.0 Å². The molecule has 0 unspecified atom stereocenters. The minimum Gasteiger partial charge on any atom is -0.269 e. The molecule has 3 nitrogen and oxygen atoms in total. The highest BCUT2D eigenvalue weighted by atomic mass is 19.1. The fourth-order valence-electron chi connectivity index (χ4n) is 1.71. The Morgan fingerprint density at radius 3 is 2.38 bits per heavy atom. The molecule has 2 rings (SSSR count). The highest BCUT2D eigenvalue weighted by Gasteiger charge is 2.32. The topological polar surface area (TPSA) is 37.4 Å². The van der Waals surface area contributed by atoms with Crippen LogP contribution in [0.5, 0.6) is 0 Å². The molecule has 1 aliphatic rings. The summed E-state index contributed by atoms with van der Waals surface area (Å²) in [6.07, 6.45) is 1.22. The summed E-state index contributed by atoms with van der Waals surface area (Å²) in [7, 11) is 0. The van der Waals surface area contributed by atoms with Gasteiger partial charge in [0.25, 0.3) is 11.8 Å². The van der Waals surface area contributed by atoms with Gasteiger partial charge in [-0.15, -0.1) is 0 Å². The Kier molecular flexibility index (Phi) is 2.34. The van der Waals surface area contributed by atoms with Crippen LogP contribution in [-0.4, -0.2) is 11.8 Å². The van der Waals surface area contributed by atoms with Gasteiger partial charge in [-0.1, -0.05) is 12.1 Å². The average Bonchev–Trinajstić information content (AvgIpc) is 2.44. The lowest BCUT2D eigenvalue weighted by Gasteiger charge is -2.17. The fraction of sp³-hybridized carbons (Fsp3) is 0.167. The van der Waals surface area contributed by atoms with E-state index in [1.807, 2.05) is 0 Å². The molecule has 4 heteroatoms. The van der Waals surface area contributed by atoms with Gasteiger partial charge in [0.1, 0.15) is 5.82 Å². The van der Waals surface area contributed by atoms with E-state index >= 15 is 0 Å². The zero-order chi connectivity index (χ0) is 11.9. The molecule has 0 N–H and O–H groups in total. The first-order valence-corrected chi connectivity index (χ1v) is 4.84. The summed E-state index contributed by atoms with van der Waals surface area (Å²) in [5.74, 6) is -1.52. The summed E-state index contributed by atoms with van der Waals surface area (Å²) in [4.78, 5) is 24.1. The van der Waals surface area contributed by atoms with E-state index in [1.165, 1.54) is 19.1 Å². The van der Waals surface area contributed by atoms with Crippen molar-refractivity contribution in [2.75, 3.05) is 4.90 Å². The van der Waals surface area contributed by atoms with E-state index in [-0.39, 0.29) is 5.69 Å². The van der Waals surface area contributed by atoms with Crippen LogP contribution < -0.4 is 4.90 Å². The minimum atomic E-state index is -0.565. The Hall–Kier alpha value is -1.97. The molecule has 0 saturated heterocycles. The van der Waals surface area contributed by atoms with Crippen molar-refractivity contribution in [1.29, 1.82) is 0 Å². The Labute approximate surface area is 92.2 Å². The number of carbonyl (C=O) groups is 2. The number of halogens is 1. The van der Waals surface area contributed by atoms with Gasteiger partial charge in [0, 0.05) is 11.6 Å². The average molecular weight is 219 g/mol. The van der Waals surface area contributed by atoms with Gasteiger partial charge in [0.05, 0.1) is 5.69 Å². The van der Waals surface area contributed by atoms with Crippen molar-refractivity contribution in [1.82, 2.24) is 0 Å². The second-order valence-corrected chi connectivity index (χ2v) is 3.71. The van der Waals surface area contributed by atoms with E-state index in [2.05, 4.69) is 0 Å². The van der Waals surface area contributed by atoms with Crippen LogP contribution in [0.4, 0.5) is 10.1 Å². The highest BCUT2D eigenvalue weighted by Crippen LogP contribution is 2.28. The molecule has 0 atom stereocenters. The van der Waals surface area contributed by atoms with Crippen molar-refractivity contribution >= 4 is 17.5 Å². The quantitative estimate of drug-likeness (QED) is 0.677. The van der Waals surface area contributed by atoms with Gasteiger partial charge in [-0.05, 0) is 25.5 Å². The zero-order valence-corrected chi connectivity index (χ0v) is 8.95. The summed E-state index contributed by atoms with van der Waals surface area (Å²) in [6.45, 7) is 3.20. The summed E-state index contributed by atoms with van der Waals surface area (Å²) in [5.41, 5.74) is 0.933. The highest BCUT2D eigenvalue weighted by molar-refractivity contribution is 6.30. The maximum Gasteiger partial charge on any atom is 0.261 e. The summed E-state index contributed by atoms with van der Waals surface area (Å²) >= 11 is 0. The van der Waals surface area contributed by atoms with Gasteiger partial charge in [-0.25, -0.2) is 9.29 Å². The molecule has 1 aromatic carbocycles. The van der Waals surface area contributed by atoms with E-state index in [1.54, 1.807) is 19.1 Å². The fourth-order valence-corrected chi connectivity index (χ4v) is 1.71. The molecule has 0 saturated carbocycles. The second-order valence-electron chi connectivity index (χ2n) is 3.71. The number of rotatable bonds is 1. The molecule has 0 aromatic heterocycles. The Bertz CT molecular complexity index is 500. The molecule has 82 valence electrons. The van der Waals surface area contributed by atoms with E-state index < -0.39 is 17.6 Å². The van der Waals surface area contributed by atoms with E-state index in [0.29, 0.717) is 11.1 Å². The number of hydrogen-bond donors (Lipinski definition) is 0. The van der Waals surface area contributed by atoms with Crippen molar-refractivity contribution in [3.05, 3.63) is 41.2 Å². The van der Waals surface area contributed by atoms with E-state index in [9.17, 15) is 14.0 Å². The lowest BCUT2D eigenvalue weighted by atomic mass is 10.1. The summed E-state index contributed by atoms with van der Waals surface area (Å²) in [6, 6.07) is 4.43. The molecular weight excluding hydrogens is 209 g/mol. The third-order valence-corrected chi connectivity index (χ3v) is 2.51. The van der Waals surface area contributed by atoms with Gasteiger partial charge in [-0.2, -0.15) is 0 Å². The molecule has 0 spiro atoms. The number of hydrogen-bond acceptors (Lipinski definition) is 2. The molecule has 1 aromatic rings. The summed E-state index contributed by atoms with van der Waals surface area (Å²) in [5, 5.41) is 0. The molecular formula is C12H10FNO2. The third-order valence-electron chi connectivity index (χ3n) is 2.51. The number of amides is 2. The van der Waals surface area contributed by atoms with Crippen LogP contribution in [0.15, 0.2) is 29.8 Å². The normalized spacial score (nSPS) is 15.7. The monoisotopic (exact) mass is 219 g/mol. The molecule has 1 heterocycles.